The van der Waals surface area contributed by atoms with Crippen molar-refractivity contribution in [3.05, 3.63) is 93.8 Å². The Bertz CT molecular complexity index is 1350. The van der Waals surface area contributed by atoms with Crippen molar-refractivity contribution in [3.8, 4) is 11.1 Å². The maximum absolute atomic E-state index is 14.9. The average molecular weight is 554 g/mol. The van der Waals surface area contributed by atoms with Crippen molar-refractivity contribution >= 4 is 23.7 Å². The number of aliphatic hydroxyl groups excluding tert-OH is 1. The predicted molar refractivity (Wildman–Crippen MR) is 148 cm³/mol. The number of benzene rings is 3. The Balaban J connectivity index is 1.60. The van der Waals surface area contributed by atoms with Crippen molar-refractivity contribution in [2.45, 2.75) is 57.8 Å². The van der Waals surface area contributed by atoms with Gasteiger partial charge in [-0.3, -0.25) is 0 Å². The molecule has 4 rings (SSSR count). The van der Waals surface area contributed by atoms with Crippen molar-refractivity contribution in [2.24, 2.45) is 0 Å². The Hall–Kier alpha value is -3.42. The van der Waals surface area contributed by atoms with Crippen LogP contribution in [0.3, 0.4) is 0 Å². The fourth-order valence-corrected chi connectivity index (χ4v) is 4.96. The van der Waals surface area contributed by atoms with Gasteiger partial charge in [0, 0.05) is 16.6 Å². The number of nitrogens with zero attached hydrogens (tertiary/aromatic N) is 1. The highest BCUT2D eigenvalue weighted by Crippen LogP contribution is 2.32. The Morgan fingerprint density at radius 1 is 1.08 bits per heavy atom. The Morgan fingerprint density at radius 2 is 1.79 bits per heavy atom. The standard InChI is InChI=1S/C31H33ClFNO5/c1-31(2,3)39-30(37)34(18-28(35)20-7-11-24(32)12-8-20)25-13-9-19-5-6-21(15-23(19)16-25)26-14-10-22(17-27(26)33)29(36)38-4/h5-8,10-12,14-15,17,25,28,35H,9,13,16,18H2,1-4H3/t25-,28+/m0/s1. The van der Waals surface area contributed by atoms with Gasteiger partial charge in [-0.25, -0.2) is 14.0 Å². The topological polar surface area (TPSA) is 76.1 Å². The van der Waals surface area contributed by atoms with Gasteiger partial charge in [0.1, 0.15) is 11.4 Å². The van der Waals surface area contributed by atoms with Crippen LogP contribution in [0.4, 0.5) is 9.18 Å². The van der Waals surface area contributed by atoms with Crippen LogP contribution in [0, 0.1) is 5.82 Å². The number of aryl methyl sites for hydroxylation is 1. The summed E-state index contributed by atoms with van der Waals surface area (Å²) in [4.78, 5) is 26.7. The highest BCUT2D eigenvalue weighted by molar-refractivity contribution is 6.30. The van der Waals surface area contributed by atoms with Gasteiger partial charge in [-0.1, -0.05) is 48.0 Å². The van der Waals surface area contributed by atoms with Crippen LogP contribution in [0.5, 0.6) is 0 Å². The molecule has 0 bridgehead atoms. The van der Waals surface area contributed by atoms with Gasteiger partial charge in [0.2, 0.25) is 0 Å². The second kappa shape index (κ2) is 11.8. The molecule has 6 nitrogen and oxygen atoms in total. The SMILES string of the molecule is COC(=O)c1ccc(-c2ccc3c(c2)C[C@@H](N(C[C@@H](O)c2ccc(Cl)cc2)C(=O)OC(C)(C)C)CC3)c(F)c1. The summed E-state index contributed by atoms with van der Waals surface area (Å²) in [5, 5.41) is 11.6. The van der Waals surface area contributed by atoms with Crippen molar-refractivity contribution in [3.63, 3.8) is 0 Å². The first-order valence-electron chi connectivity index (χ1n) is 12.9. The fraction of sp³-hybridized carbons (Fsp3) is 0.355. The molecule has 0 aliphatic heterocycles. The molecule has 2 atom stereocenters. The number of esters is 1. The summed E-state index contributed by atoms with van der Waals surface area (Å²) in [6, 6.07) is 16.7. The molecule has 0 unspecified atom stereocenters. The molecule has 8 heteroatoms. The number of aliphatic hydroxyl groups is 1. The van der Waals surface area contributed by atoms with Crippen molar-refractivity contribution in [2.75, 3.05) is 13.7 Å². The summed E-state index contributed by atoms with van der Waals surface area (Å²) in [7, 11) is 1.25. The van der Waals surface area contributed by atoms with Crippen LogP contribution in [0.15, 0.2) is 60.7 Å². The molecular weight excluding hydrogens is 521 g/mol. The third kappa shape index (κ3) is 6.97. The first-order valence-corrected chi connectivity index (χ1v) is 13.3. The first-order chi connectivity index (χ1) is 18.4. The normalized spacial score (nSPS) is 15.7. The van der Waals surface area contributed by atoms with E-state index in [0.29, 0.717) is 34.6 Å². The van der Waals surface area contributed by atoms with Gasteiger partial charge in [-0.2, -0.15) is 0 Å². The van der Waals surface area contributed by atoms with E-state index < -0.39 is 29.6 Å². The van der Waals surface area contributed by atoms with Crippen molar-refractivity contribution in [1.29, 1.82) is 0 Å². The van der Waals surface area contributed by atoms with Crippen molar-refractivity contribution < 1.29 is 28.6 Å². The lowest BCUT2D eigenvalue weighted by Gasteiger charge is -2.37. The van der Waals surface area contributed by atoms with Gasteiger partial charge in [0.25, 0.3) is 0 Å². The zero-order valence-electron chi connectivity index (χ0n) is 22.5. The summed E-state index contributed by atoms with van der Waals surface area (Å²) in [5.74, 6) is -1.12. The molecule has 1 aliphatic carbocycles. The summed E-state index contributed by atoms with van der Waals surface area (Å²) in [5.41, 5.74) is 3.26. The van der Waals surface area contributed by atoms with Gasteiger partial charge < -0.3 is 19.5 Å². The number of amides is 1. The molecular formula is C31H33ClFNO5. The minimum Gasteiger partial charge on any atom is -0.465 e. The van der Waals surface area contributed by atoms with Gasteiger partial charge in [-0.15, -0.1) is 0 Å². The van der Waals surface area contributed by atoms with Crippen LogP contribution >= 0.6 is 11.6 Å². The van der Waals surface area contributed by atoms with Crippen LogP contribution in [0.1, 0.15) is 60.3 Å². The molecule has 0 heterocycles. The van der Waals surface area contributed by atoms with E-state index in [-0.39, 0.29) is 18.2 Å². The fourth-order valence-electron chi connectivity index (χ4n) is 4.84. The second-order valence-corrected chi connectivity index (χ2v) is 11.2. The summed E-state index contributed by atoms with van der Waals surface area (Å²) in [6.45, 7) is 5.48. The van der Waals surface area contributed by atoms with Gasteiger partial charge in [0.15, 0.2) is 0 Å². The van der Waals surface area contributed by atoms with Crippen LogP contribution in [0.25, 0.3) is 11.1 Å². The molecule has 0 saturated carbocycles. The molecule has 0 aromatic heterocycles. The monoisotopic (exact) mass is 553 g/mol. The van der Waals surface area contributed by atoms with Crippen LogP contribution < -0.4 is 0 Å². The number of rotatable bonds is 6. The van der Waals surface area contributed by atoms with Gasteiger partial charge in [-0.05, 0) is 86.6 Å². The highest BCUT2D eigenvalue weighted by Gasteiger charge is 2.33. The Morgan fingerprint density at radius 3 is 2.44 bits per heavy atom. The lowest BCUT2D eigenvalue weighted by atomic mass is 9.85. The maximum Gasteiger partial charge on any atom is 0.410 e. The van der Waals surface area contributed by atoms with E-state index in [1.165, 1.54) is 19.2 Å². The predicted octanol–water partition coefficient (Wildman–Crippen LogP) is 6.76. The summed E-state index contributed by atoms with van der Waals surface area (Å²) < 4.78 is 25.3. The molecule has 0 radical (unpaired) electrons. The molecule has 39 heavy (non-hydrogen) atoms. The van der Waals surface area contributed by atoms with E-state index in [9.17, 15) is 19.1 Å². The summed E-state index contributed by atoms with van der Waals surface area (Å²) >= 11 is 6.00. The maximum atomic E-state index is 14.9. The van der Waals surface area contributed by atoms with E-state index in [1.54, 1.807) is 56.0 Å². The van der Waals surface area contributed by atoms with E-state index in [0.717, 1.165) is 17.5 Å². The number of methoxy groups -OCH3 is 1. The van der Waals surface area contributed by atoms with Crippen LogP contribution in [-0.2, 0) is 22.3 Å². The largest absolute Gasteiger partial charge is 0.465 e. The minimum absolute atomic E-state index is 0.0554. The summed E-state index contributed by atoms with van der Waals surface area (Å²) in [6.07, 6.45) is 0.522. The lowest BCUT2D eigenvalue weighted by molar-refractivity contribution is 0.00195. The van der Waals surface area contributed by atoms with E-state index in [1.807, 2.05) is 18.2 Å². The molecule has 3 aromatic carbocycles. The molecule has 1 N–H and O–H groups in total. The number of hydrogen-bond donors (Lipinski definition) is 1. The molecule has 0 spiro atoms. The zero-order chi connectivity index (χ0) is 28.3. The van der Waals surface area contributed by atoms with Crippen molar-refractivity contribution in [1.82, 2.24) is 4.90 Å². The molecule has 0 saturated heterocycles. The minimum atomic E-state index is -0.926. The van der Waals surface area contributed by atoms with Gasteiger partial charge in [0.05, 0.1) is 25.3 Å². The third-order valence-electron chi connectivity index (χ3n) is 6.80. The number of fused-ring (bicyclic) bond motifs is 1. The Kier molecular flexibility index (Phi) is 8.62. The Labute approximate surface area is 233 Å². The smallest absolute Gasteiger partial charge is 0.410 e. The number of hydrogen-bond acceptors (Lipinski definition) is 5. The second-order valence-electron chi connectivity index (χ2n) is 10.8. The van der Waals surface area contributed by atoms with E-state index in [4.69, 9.17) is 16.3 Å². The zero-order valence-corrected chi connectivity index (χ0v) is 23.3. The lowest BCUT2D eigenvalue weighted by Crippen LogP contribution is -2.47. The molecule has 1 aliphatic rings. The average Bonchev–Trinajstić information content (AvgIpc) is 2.89. The first kappa shape index (κ1) is 28.6. The van der Waals surface area contributed by atoms with Gasteiger partial charge >= 0.3 is 12.1 Å². The quantitative estimate of drug-likeness (QED) is 0.341. The number of carbonyl (C=O) groups excluding carboxylic acids is 2. The number of carbonyl (C=O) groups is 2. The number of halogens is 2. The van der Waals surface area contributed by atoms with Crippen LogP contribution in [0.2, 0.25) is 5.02 Å². The molecule has 0 fully saturated rings. The third-order valence-corrected chi connectivity index (χ3v) is 7.06. The van der Waals surface area contributed by atoms with E-state index in [2.05, 4.69) is 4.74 Å². The highest BCUT2D eigenvalue weighted by atomic mass is 35.5. The molecule has 3 aromatic rings. The van der Waals surface area contributed by atoms with E-state index >= 15 is 0 Å². The molecule has 1 amide bonds. The molecule has 206 valence electrons. The number of ether oxygens (including phenoxy) is 2. The van der Waals surface area contributed by atoms with Crippen LogP contribution in [-0.4, -0.2) is 47.4 Å².